The molecule has 0 radical (unpaired) electrons. The first-order chi connectivity index (χ1) is 13.1. The smallest absolute Gasteiger partial charge is 0.317 e. The van der Waals surface area contributed by atoms with Crippen LogP contribution in [-0.2, 0) is 0 Å². The highest BCUT2D eigenvalue weighted by Gasteiger charge is 2.29. The number of carbonyl (C=O) groups is 1. The lowest BCUT2D eigenvalue weighted by molar-refractivity contribution is 0.0769. The van der Waals surface area contributed by atoms with E-state index in [-0.39, 0.29) is 12.0 Å². The second kappa shape index (κ2) is 7.23. The predicted octanol–water partition coefficient (Wildman–Crippen LogP) is 3.18. The van der Waals surface area contributed by atoms with Gasteiger partial charge in [0.2, 0.25) is 0 Å². The maximum Gasteiger partial charge on any atom is 0.317 e. The molecule has 0 N–H and O–H groups in total. The molecule has 1 aromatic carbocycles. The van der Waals surface area contributed by atoms with E-state index >= 15 is 0 Å². The molecule has 27 heavy (non-hydrogen) atoms. The fourth-order valence-corrected chi connectivity index (χ4v) is 3.37. The van der Waals surface area contributed by atoms with Gasteiger partial charge in [0.05, 0.1) is 6.54 Å². The van der Waals surface area contributed by atoms with Crippen molar-refractivity contribution in [3.63, 3.8) is 0 Å². The lowest BCUT2D eigenvalue weighted by Crippen LogP contribution is -2.31. The van der Waals surface area contributed by atoms with Crippen molar-refractivity contribution < 1.29 is 9.53 Å². The molecule has 1 saturated heterocycles. The van der Waals surface area contributed by atoms with Crippen molar-refractivity contribution in [3.8, 4) is 11.7 Å². The van der Waals surface area contributed by atoms with Crippen LogP contribution in [0.3, 0.4) is 0 Å². The van der Waals surface area contributed by atoms with E-state index in [1.54, 1.807) is 0 Å². The molecule has 3 aromatic rings. The van der Waals surface area contributed by atoms with Crippen molar-refractivity contribution in [2.24, 2.45) is 0 Å². The number of rotatable bonds is 4. The van der Waals surface area contributed by atoms with Gasteiger partial charge in [-0.1, -0.05) is 0 Å². The topological polar surface area (TPSA) is 60.2 Å². The highest BCUT2D eigenvalue weighted by atomic mass is 16.5. The molecule has 0 aliphatic carbocycles. The molecule has 1 aliphatic rings. The standard InChI is InChI=1S/C21H22N4O2/c1-15-13-16(2)23-21(22-15)27-19-9-12-25(14-19)20(26)17-5-7-18(8-6-17)24-10-3-4-11-24/h3-8,10-11,13,19H,9,12,14H2,1-2H3. The summed E-state index contributed by atoms with van der Waals surface area (Å²) in [6.07, 6.45) is 4.67. The molecule has 1 fully saturated rings. The van der Waals surface area contributed by atoms with E-state index in [1.165, 1.54) is 0 Å². The van der Waals surface area contributed by atoms with Gasteiger partial charge in [-0.25, -0.2) is 9.97 Å². The second-order valence-electron chi connectivity index (χ2n) is 6.85. The van der Waals surface area contributed by atoms with Gasteiger partial charge in [-0.15, -0.1) is 0 Å². The number of aromatic nitrogens is 3. The minimum Gasteiger partial charge on any atom is -0.458 e. The number of likely N-dealkylation sites (tertiary alicyclic amines) is 1. The minimum atomic E-state index is -0.0747. The maximum absolute atomic E-state index is 12.8. The molecule has 0 bridgehead atoms. The Morgan fingerprint density at radius 3 is 2.41 bits per heavy atom. The molecule has 4 rings (SSSR count). The summed E-state index contributed by atoms with van der Waals surface area (Å²) in [4.78, 5) is 23.3. The molecule has 1 unspecified atom stereocenters. The zero-order chi connectivity index (χ0) is 18.8. The van der Waals surface area contributed by atoms with Gasteiger partial charge >= 0.3 is 6.01 Å². The Bertz CT molecular complexity index is 915. The van der Waals surface area contributed by atoms with Crippen molar-refractivity contribution in [2.75, 3.05) is 13.1 Å². The molecule has 138 valence electrons. The molecule has 0 spiro atoms. The summed E-state index contributed by atoms with van der Waals surface area (Å²) in [7, 11) is 0. The quantitative estimate of drug-likeness (QED) is 0.715. The Morgan fingerprint density at radius 2 is 1.74 bits per heavy atom. The molecule has 6 nitrogen and oxygen atoms in total. The summed E-state index contributed by atoms with van der Waals surface area (Å²) in [5, 5.41) is 0. The fourth-order valence-electron chi connectivity index (χ4n) is 3.37. The van der Waals surface area contributed by atoms with E-state index in [0.717, 1.165) is 23.5 Å². The average molecular weight is 362 g/mol. The van der Waals surface area contributed by atoms with Crippen LogP contribution in [0.1, 0.15) is 28.2 Å². The van der Waals surface area contributed by atoms with Gasteiger partial charge in [0.25, 0.3) is 5.91 Å². The normalized spacial score (nSPS) is 16.5. The summed E-state index contributed by atoms with van der Waals surface area (Å²) in [5.74, 6) is 0.0292. The van der Waals surface area contributed by atoms with Crippen molar-refractivity contribution in [2.45, 2.75) is 26.4 Å². The molecule has 3 heterocycles. The summed E-state index contributed by atoms with van der Waals surface area (Å²) in [6, 6.07) is 13.9. The van der Waals surface area contributed by atoms with E-state index in [9.17, 15) is 4.79 Å². The van der Waals surface area contributed by atoms with Gasteiger partial charge in [0.1, 0.15) is 6.10 Å². The largest absolute Gasteiger partial charge is 0.458 e. The molecule has 0 saturated carbocycles. The van der Waals surface area contributed by atoms with E-state index in [0.29, 0.717) is 24.7 Å². The molecule has 1 atom stereocenters. The lowest BCUT2D eigenvalue weighted by atomic mass is 10.2. The Hall–Kier alpha value is -3.15. The SMILES string of the molecule is Cc1cc(C)nc(OC2CCN(C(=O)c3ccc(-n4cccc4)cc3)C2)n1. The number of hydrogen-bond acceptors (Lipinski definition) is 4. The Morgan fingerprint density at radius 1 is 1.07 bits per heavy atom. The van der Waals surface area contributed by atoms with Gasteiger partial charge in [-0.05, 0) is 56.3 Å². The summed E-state index contributed by atoms with van der Waals surface area (Å²) in [5.41, 5.74) is 3.48. The van der Waals surface area contributed by atoms with Crippen molar-refractivity contribution >= 4 is 5.91 Å². The third kappa shape index (κ3) is 3.84. The third-order valence-electron chi connectivity index (χ3n) is 4.68. The Labute approximate surface area is 158 Å². The molecule has 6 heteroatoms. The van der Waals surface area contributed by atoms with Crippen molar-refractivity contribution in [3.05, 3.63) is 71.8 Å². The minimum absolute atomic E-state index is 0.0292. The van der Waals surface area contributed by atoms with Gasteiger partial charge in [-0.3, -0.25) is 4.79 Å². The lowest BCUT2D eigenvalue weighted by Gasteiger charge is -2.17. The zero-order valence-corrected chi connectivity index (χ0v) is 15.5. The molecule has 2 aromatic heterocycles. The van der Waals surface area contributed by atoms with E-state index in [4.69, 9.17) is 4.74 Å². The number of benzene rings is 1. The molecular formula is C21H22N4O2. The fraction of sp³-hybridized carbons (Fsp3) is 0.286. The van der Waals surface area contributed by atoms with Gasteiger partial charge < -0.3 is 14.2 Å². The van der Waals surface area contributed by atoms with Crippen LogP contribution in [0.15, 0.2) is 54.9 Å². The first-order valence-corrected chi connectivity index (χ1v) is 9.10. The number of ether oxygens (including phenoxy) is 1. The van der Waals surface area contributed by atoms with Crippen molar-refractivity contribution in [1.29, 1.82) is 0 Å². The third-order valence-corrected chi connectivity index (χ3v) is 4.68. The first kappa shape index (κ1) is 17.3. The Balaban J connectivity index is 1.40. The summed E-state index contributed by atoms with van der Waals surface area (Å²) < 4.78 is 7.91. The average Bonchev–Trinajstić information content (AvgIpc) is 3.32. The van der Waals surface area contributed by atoms with Crippen LogP contribution in [0, 0.1) is 13.8 Å². The van der Waals surface area contributed by atoms with E-state index in [2.05, 4.69) is 9.97 Å². The number of nitrogens with zero attached hydrogens (tertiary/aromatic N) is 4. The molecule has 1 amide bonds. The maximum atomic E-state index is 12.8. The van der Waals surface area contributed by atoms with Crippen LogP contribution in [0.2, 0.25) is 0 Å². The van der Waals surface area contributed by atoms with Crippen LogP contribution in [-0.4, -0.2) is 44.5 Å². The van der Waals surface area contributed by atoms with Crippen LogP contribution >= 0.6 is 0 Å². The van der Waals surface area contributed by atoms with Gasteiger partial charge in [0.15, 0.2) is 0 Å². The van der Waals surface area contributed by atoms with Gasteiger partial charge in [-0.2, -0.15) is 0 Å². The number of amides is 1. The summed E-state index contributed by atoms with van der Waals surface area (Å²) >= 11 is 0. The van der Waals surface area contributed by atoms with Gasteiger partial charge in [0, 0.05) is 48.0 Å². The number of hydrogen-bond donors (Lipinski definition) is 0. The monoisotopic (exact) mass is 362 g/mol. The predicted molar refractivity (Wildman–Crippen MR) is 102 cm³/mol. The van der Waals surface area contributed by atoms with Crippen molar-refractivity contribution in [1.82, 2.24) is 19.4 Å². The Kier molecular flexibility index (Phi) is 4.62. The van der Waals surface area contributed by atoms with E-state index in [1.807, 2.05) is 78.2 Å². The highest BCUT2D eigenvalue weighted by molar-refractivity contribution is 5.94. The van der Waals surface area contributed by atoms with Crippen LogP contribution < -0.4 is 4.74 Å². The second-order valence-corrected chi connectivity index (χ2v) is 6.85. The van der Waals surface area contributed by atoms with Crippen LogP contribution in [0.4, 0.5) is 0 Å². The summed E-state index contributed by atoms with van der Waals surface area (Å²) in [6.45, 7) is 5.06. The number of carbonyl (C=O) groups excluding carboxylic acids is 1. The molecular weight excluding hydrogens is 340 g/mol. The highest BCUT2D eigenvalue weighted by Crippen LogP contribution is 2.19. The molecule has 1 aliphatic heterocycles. The van der Waals surface area contributed by atoms with Crippen LogP contribution in [0.5, 0.6) is 6.01 Å². The zero-order valence-electron chi connectivity index (χ0n) is 15.5. The van der Waals surface area contributed by atoms with Crippen LogP contribution in [0.25, 0.3) is 5.69 Å². The van der Waals surface area contributed by atoms with E-state index < -0.39 is 0 Å². The number of aryl methyl sites for hydroxylation is 2. The first-order valence-electron chi connectivity index (χ1n) is 9.10.